The molecule has 0 aliphatic carbocycles. The molecule has 0 radical (unpaired) electrons. The molecule has 0 bridgehead atoms. The van der Waals surface area contributed by atoms with E-state index >= 15 is 0 Å². The molecule has 0 heterocycles. The van der Waals surface area contributed by atoms with Crippen LogP contribution in [0.1, 0.15) is 316 Å². The molecule has 0 spiro atoms. The van der Waals surface area contributed by atoms with Gasteiger partial charge in [-0.25, -0.2) is 0 Å². The van der Waals surface area contributed by atoms with Crippen LogP contribution < -0.4 is 0 Å². The van der Waals surface area contributed by atoms with E-state index in [1.807, 2.05) is 0 Å². The first-order valence-corrected chi connectivity index (χ1v) is 28.2. The molecule has 0 amide bonds. The van der Waals surface area contributed by atoms with Crippen molar-refractivity contribution in [2.75, 3.05) is 13.2 Å². The van der Waals surface area contributed by atoms with Crippen molar-refractivity contribution in [1.82, 2.24) is 0 Å². The lowest BCUT2D eigenvalue weighted by atomic mass is 10.0. The Morgan fingerprint density at radius 2 is 0.524 bits per heavy atom. The minimum absolute atomic E-state index is 0.0693. The van der Waals surface area contributed by atoms with Crippen molar-refractivity contribution < 1.29 is 28.6 Å². The van der Waals surface area contributed by atoms with Crippen molar-refractivity contribution in [2.45, 2.75) is 322 Å². The third-order valence-corrected chi connectivity index (χ3v) is 12.8. The molecule has 0 aliphatic rings. The van der Waals surface area contributed by atoms with E-state index in [0.29, 0.717) is 19.3 Å². The highest BCUT2D eigenvalue weighted by Crippen LogP contribution is 2.17. The van der Waals surface area contributed by atoms with Gasteiger partial charge >= 0.3 is 17.9 Å². The minimum Gasteiger partial charge on any atom is -0.462 e. The lowest BCUT2D eigenvalue weighted by Crippen LogP contribution is -2.30. The second-order valence-corrected chi connectivity index (χ2v) is 19.2. The molecule has 6 heteroatoms. The van der Waals surface area contributed by atoms with E-state index in [2.05, 4.69) is 32.9 Å². The number of allylic oxidation sites excluding steroid dienone is 2. The summed E-state index contributed by atoms with van der Waals surface area (Å²) in [6.45, 7) is 6.59. The topological polar surface area (TPSA) is 78.9 Å². The van der Waals surface area contributed by atoms with Crippen molar-refractivity contribution in [1.29, 1.82) is 0 Å². The summed E-state index contributed by atoms with van der Waals surface area (Å²) in [4.78, 5) is 37.7. The lowest BCUT2D eigenvalue weighted by Gasteiger charge is -2.18. The van der Waals surface area contributed by atoms with Gasteiger partial charge in [-0.1, -0.05) is 264 Å². The van der Waals surface area contributed by atoms with Crippen LogP contribution >= 0.6 is 0 Å². The van der Waals surface area contributed by atoms with Crippen molar-refractivity contribution in [3.8, 4) is 0 Å². The fourth-order valence-electron chi connectivity index (χ4n) is 8.50. The molecule has 0 saturated carbocycles. The molecule has 372 valence electrons. The van der Waals surface area contributed by atoms with Crippen molar-refractivity contribution in [3.05, 3.63) is 12.2 Å². The maximum absolute atomic E-state index is 12.7. The number of esters is 3. The van der Waals surface area contributed by atoms with E-state index < -0.39 is 6.10 Å². The van der Waals surface area contributed by atoms with Crippen LogP contribution in [-0.2, 0) is 28.6 Å². The monoisotopic (exact) mass is 889 g/mol. The molecule has 0 rings (SSSR count). The fraction of sp³-hybridized carbons (Fsp3) is 0.912. The van der Waals surface area contributed by atoms with Gasteiger partial charge in [-0.15, -0.1) is 0 Å². The molecule has 1 unspecified atom stereocenters. The SMILES string of the molecule is CCCCCCCC/C=C\CCCCCCCC(=O)OC(COC(=O)CCCCCCC)COC(=O)CCCCCCCCCCCCCCCCCCCCCCCCCCC. The number of hydrogen-bond donors (Lipinski definition) is 0. The maximum atomic E-state index is 12.7. The highest BCUT2D eigenvalue weighted by atomic mass is 16.6. The van der Waals surface area contributed by atoms with Crippen LogP contribution in [0.2, 0.25) is 0 Å². The van der Waals surface area contributed by atoms with E-state index in [4.69, 9.17) is 14.2 Å². The molecule has 6 nitrogen and oxygen atoms in total. The standard InChI is InChI=1S/C57H108O6/c1-4-7-10-13-15-17-19-21-23-24-25-26-27-28-29-30-31-32-34-35-37-39-41-44-47-50-56(59)62-53-54(52-61-55(58)49-46-43-12-9-6-3)63-57(60)51-48-45-42-40-38-36-33-22-20-18-16-14-11-8-5-2/h22,33,54H,4-21,23-32,34-53H2,1-3H3/b33-22-. The van der Waals surface area contributed by atoms with Crippen LogP contribution in [0, 0.1) is 0 Å². The quantitative estimate of drug-likeness (QED) is 0.0262. The number of rotatable bonds is 52. The average Bonchev–Trinajstić information content (AvgIpc) is 3.28. The summed E-state index contributed by atoms with van der Waals surface area (Å²) in [5.74, 6) is -0.874. The van der Waals surface area contributed by atoms with Crippen molar-refractivity contribution in [2.24, 2.45) is 0 Å². The third kappa shape index (κ3) is 51.0. The average molecular weight is 889 g/mol. The zero-order chi connectivity index (χ0) is 45.8. The van der Waals surface area contributed by atoms with Gasteiger partial charge < -0.3 is 14.2 Å². The predicted molar refractivity (Wildman–Crippen MR) is 270 cm³/mol. The Morgan fingerprint density at radius 3 is 0.794 bits per heavy atom. The van der Waals surface area contributed by atoms with E-state index in [-0.39, 0.29) is 31.1 Å². The van der Waals surface area contributed by atoms with E-state index in [1.54, 1.807) is 0 Å². The summed E-state index contributed by atoms with van der Waals surface area (Å²) >= 11 is 0. The Bertz CT molecular complexity index is 978. The molecule has 0 aliphatic heterocycles. The summed E-state index contributed by atoms with van der Waals surface area (Å²) in [6, 6.07) is 0. The highest BCUT2D eigenvalue weighted by molar-refractivity contribution is 5.71. The molecule has 0 fully saturated rings. The molecule has 0 saturated heterocycles. The van der Waals surface area contributed by atoms with Gasteiger partial charge in [-0.05, 0) is 44.9 Å². The summed E-state index contributed by atoms with van der Waals surface area (Å²) in [5.41, 5.74) is 0. The molecule has 0 aromatic carbocycles. The Balaban J connectivity index is 4.00. The number of carbonyl (C=O) groups is 3. The second-order valence-electron chi connectivity index (χ2n) is 19.2. The summed E-state index contributed by atoms with van der Waals surface area (Å²) in [6.07, 6.45) is 59.7. The smallest absolute Gasteiger partial charge is 0.306 e. The van der Waals surface area contributed by atoms with E-state index in [9.17, 15) is 14.4 Å². The van der Waals surface area contributed by atoms with Crippen LogP contribution in [0.5, 0.6) is 0 Å². The molecule has 0 aromatic heterocycles. The number of hydrogen-bond acceptors (Lipinski definition) is 6. The first-order valence-electron chi connectivity index (χ1n) is 28.2. The van der Waals surface area contributed by atoms with Crippen LogP contribution in [-0.4, -0.2) is 37.2 Å². The molecule has 0 aromatic rings. The summed E-state index contributed by atoms with van der Waals surface area (Å²) in [5, 5.41) is 0. The van der Waals surface area contributed by atoms with Gasteiger partial charge in [0.15, 0.2) is 6.10 Å². The first kappa shape index (κ1) is 61.1. The van der Waals surface area contributed by atoms with Gasteiger partial charge in [0, 0.05) is 19.3 Å². The minimum atomic E-state index is -0.766. The molecular formula is C57H108O6. The van der Waals surface area contributed by atoms with Crippen LogP contribution in [0.25, 0.3) is 0 Å². The third-order valence-electron chi connectivity index (χ3n) is 12.8. The van der Waals surface area contributed by atoms with Crippen molar-refractivity contribution >= 4 is 17.9 Å². The number of unbranched alkanes of at least 4 members (excludes halogenated alkanes) is 39. The van der Waals surface area contributed by atoms with Gasteiger partial charge in [0.2, 0.25) is 0 Å². The number of carbonyl (C=O) groups excluding carboxylic acids is 3. The zero-order valence-corrected chi connectivity index (χ0v) is 42.6. The summed E-state index contributed by atoms with van der Waals surface area (Å²) in [7, 11) is 0. The lowest BCUT2D eigenvalue weighted by molar-refractivity contribution is -0.167. The second kappa shape index (κ2) is 52.8. The Labute approximate surface area is 392 Å². The van der Waals surface area contributed by atoms with Crippen LogP contribution in [0.4, 0.5) is 0 Å². The first-order chi connectivity index (χ1) is 31.0. The van der Waals surface area contributed by atoms with E-state index in [0.717, 1.165) is 70.6 Å². The highest BCUT2D eigenvalue weighted by Gasteiger charge is 2.19. The van der Waals surface area contributed by atoms with Crippen molar-refractivity contribution in [3.63, 3.8) is 0 Å². The predicted octanol–water partition coefficient (Wildman–Crippen LogP) is 18.5. The zero-order valence-electron chi connectivity index (χ0n) is 42.6. The van der Waals surface area contributed by atoms with Gasteiger partial charge in [0.25, 0.3) is 0 Å². The normalized spacial score (nSPS) is 12.0. The molecular weight excluding hydrogens is 781 g/mol. The molecule has 1 atom stereocenters. The van der Waals surface area contributed by atoms with Gasteiger partial charge in [-0.2, -0.15) is 0 Å². The maximum Gasteiger partial charge on any atom is 0.306 e. The molecule has 0 N–H and O–H groups in total. The summed E-state index contributed by atoms with van der Waals surface area (Å²) < 4.78 is 16.7. The van der Waals surface area contributed by atoms with Gasteiger partial charge in [0.1, 0.15) is 13.2 Å². The Kier molecular flexibility index (Phi) is 51.2. The Hall–Kier alpha value is -1.85. The molecule has 63 heavy (non-hydrogen) atoms. The van der Waals surface area contributed by atoms with Crippen LogP contribution in [0.15, 0.2) is 12.2 Å². The fourth-order valence-corrected chi connectivity index (χ4v) is 8.50. The van der Waals surface area contributed by atoms with Gasteiger partial charge in [0.05, 0.1) is 0 Å². The van der Waals surface area contributed by atoms with E-state index in [1.165, 1.54) is 205 Å². The van der Waals surface area contributed by atoms with Crippen LogP contribution in [0.3, 0.4) is 0 Å². The Morgan fingerprint density at radius 1 is 0.302 bits per heavy atom. The largest absolute Gasteiger partial charge is 0.462 e. The van der Waals surface area contributed by atoms with Gasteiger partial charge in [-0.3, -0.25) is 14.4 Å². The number of ether oxygens (including phenoxy) is 3.